The molecule has 1 aliphatic rings. The number of benzene rings is 1. The van der Waals surface area contributed by atoms with E-state index in [1.807, 2.05) is 19.2 Å². The van der Waals surface area contributed by atoms with E-state index in [9.17, 15) is 9.59 Å². The Morgan fingerprint density at radius 3 is 2.58 bits per heavy atom. The second-order valence-electron chi connectivity index (χ2n) is 6.38. The van der Waals surface area contributed by atoms with Crippen molar-refractivity contribution in [2.24, 2.45) is 0 Å². The molecule has 2 amide bonds. The summed E-state index contributed by atoms with van der Waals surface area (Å²) in [6, 6.07) is 5.07. The van der Waals surface area contributed by atoms with Crippen LogP contribution in [-0.2, 0) is 12.8 Å². The van der Waals surface area contributed by atoms with Crippen molar-refractivity contribution in [2.75, 3.05) is 18.4 Å². The van der Waals surface area contributed by atoms with E-state index in [-0.39, 0.29) is 11.8 Å². The van der Waals surface area contributed by atoms with Gasteiger partial charge in [-0.1, -0.05) is 11.6 Å². The van der Waals surface area contributed by atoms with Crippen LogP contribution in [0.5, 0.6) is 0 Å². The number of aryl methyl sites for hydroxylation is 1. The number of carbonyl (C=O) groups excluding carboxylic acids is 2. The molecule has 1 aromatic heterocycles. The third-order valence-corrected chi connectivity index (χ3v) is 6.22. The standard InChI is InChI=1S/C20H23ClN2O2S/c1-3-23(4-2)20(25)15-10-9-13(11-17(15)21)22-19(24)16-12-26-18-8-6-5-7-14(16)18/h9-12H,3-8H2,1-2H3,(H,22,24). The number of halogens is 1. The van der Waals surface area contributed by atoms with Crippen molar-refractivity contribution < 1.29 is 9.59 Å². The van der Waals surface area contributed by atoms with Crippen LogP contribution >= 0.6 is 22.9 Å². The number of nitrogens with zero attached hydrogens (tertiary/aromatic N) is 1. The Morgan fingerprint density at radius 2 is 1.88 bits per heavy atom. The summed E-state index contributed by atoms with van der Waals surface area (Å²) in [5, 5.41) is 5.22. The number of rotatable bonds is 5. The molecule has 0 spiro atoms. The van der Waals surface area contributed by atoms with Crippen molar-refractivity contribution in [3.8, 4) is 0 Å². The molecule has 26 heavy (non-hydrogen) atoms. The van der Waals surface area contributed by atoms with Crippen LogP contribution in [0.1, 0.15) is 57.8 Å². The van der Waals surface area contributed by atoms with Crippen LogP contribution < -0.4 is 5.32 Å². The van der Waals surface area contributed by atoms with Crippen molar-refractivity contribution in [3.63, 3.8) is 0 Å². The molecule has 0 saturated carbocycles. The van der Waals surface area contributed by atoms with Crippen molar-refractivity contribution in [1.29, 1.82) is 0 Å². The van der Waals surface area contributed by atoms with E-state index in [1.165, 1.54) is 16.9 Å². The second kappa shape index (κ2) is 8.23. The fourth-order valence-electron chi connectivity index (χ4n) is 3.33. The number of amides is 2. The van der Waals surface area contributed by atoms with Gasteiger partial charge in [-0.05, 0) is 63.3 Å². The summed E-state index contributed by atoms with van der Waals surface area (Å²) in [7, 11) is 0. The molecule has 1 heterocycles. The minimum Gasteiger partial charge on any atom is -0.339 e. The molecule has 0 unspecified atom stereocenters. The first-order valence-electron chi connectivity index (χ1n) is 9.04. The van der Waals surface area contributed by atoms with Gasteiger partial charge in [0.25, 0.3) is 11.8 Å². The number of fused-ring (bicyclic) bond motifs is 1. The van der Waals surface area contributed by atoms with Crippen molar-refractivity contribution in [2.45, 2.75) is 39.5 Å². The largest absolute Gasteiger partial charge is 0.339 e. The van der Waals surface area contributed by atoms with Gasteiger partial charge in [-0.15, -0.1) is 11.3 Å². The van der Waals surface area contributed by atoms with E-state index in [0.717, 1.165) is 24.8 Å². The Kier molecular flexibility index (Phi) is 5.99. The van der Waals surface area contributed by atoms with Gasteiger partial charge in [0.2, 0.25) is 0 Å². The second-order valence-corrected chi connectivity index (χ2v) is 7.76. The maximum atomic E-state index is 12.7. The summed E-state index contributed by atoms with van der Waals surface area (Å²) >= 11 is 7.98. The molecule has 138 valence electrons. The summed E-state index contributed by atoms with van der Waals surface area (Å²) in [6.45, 7) is 5.14. The van der Waals surface area contributed by atoms with Crippen molar-refractivity contribution in [3.05, 3.63) is 50.2 Å². The van der Waals surface area contributed by atoms with Crippen LogP contribution in [0, 0.1) is 0 Å². The maximum absolute atomic E-state index is 12.7. The number of thiophene rings is 1. The minimum absolute atomic E-state index is 0.0928. The Bertz CT molecular complexity index is 827. The highest BCUT2D eigenvalue weighted by atomic mass is 35.5. The molecule has 0 aliphatic heterocycles. The van der Waals surface area contributed by atoms with E-state index in [1.54, 1.807) is 34.4 Å². The average Bonchev–Trinajstić information content (AvgIpc) is 3.07. The molecule has 0 bridgehead atoms. The number of hydrogen-bond donors (Lipinski definition) is 1. The van der Waals surface area contributed by atoms with Gasteiger partial charge in [0, 0.05) is 29.0 Å². The molecule has 0 saturated heterocycles. The Morgan fingerprint density at radius 1 is 1.15 bits per heavy atom. The Labute approximate surface area is 163 Å². The lowest BCUT2D eigenvalue weighted by atomic mass is 9.95. The predicted octanol–water partition coefficient (Wildman–Crippen LogP) is 5.01. The quantitative estimate of drug-likeness (QED) is 0.779. The van der Waals surface area contributed by atoms with Crippen LogP contribution in [0.25, 0.3) is 0 Å². The molecular weight excluding hydrogens is 368 g/mol. The lowest BCUT2D eigenvalue weighted by molar-refractivity contribution is 0.0773. The number of anilines is 1. The van der Waals surface area contributed by atoms with Crippen molar-refractivity contribution >= 4 is 40.4 Å². The van der Waals surface area contributed by atoms with Crippen molar-refractivity contribution in [1.82, 2.24) is 4.90 Å². The van der Waals surface area contributed by atoms with Gasteiger partial charge in [-0.3, -0.25) is 9.59 Å². The first-order chi connectivity index (χ1) is 12.5. The average molecular weight is 391 g/mol. The summed E-state index contributed by atoms with van der Waals surface area (Å²) in [5.41, 5.74) is 3.02. The molecule has 1 N–H and O–H groups in total. The Balaban J connectivity index is 1.77. The van der Waals surface area contributed by atoms with Gasteiger partial charge in [-0.2, -0.15) is 0 Å². The van der Waals surface area contributed by atoms with E-state index >= 15 is 0 Å². The molecule has 0 radical (unpaired) electrons. The van der Waals surface area contributed by atoms with Crippen LogP contribution in [0.3, 0.4) is 0 Å². The third kappa shape index (κ3) is 3.79. The summed E-state index contributed by atoms with van der Waals surface area (Å²) in [6.07, 6.45) is 4.38. The SMILES string of the molecule is CCN(CC)C(=O)c1ccc(NC(=O)c2csc3c2CCCC3)cc1Cl. The predicted molar refractivity (Wildman–Crippen MR) is 108 cm³/mol. The first-order valence-corrected chi connectivity index (χ1v) is 10.3. The van der Waals surface area contributed by atoms with Gasteiger partial charge in [0.05, 0.1) is 16.1 Å². The summed E-state index contributed by atoms with van der Waals surface area (Å²) in [5.74, 6) is -0.201. The lowest BCUT2D eigenvalue weighted by Gasteiger charge is -2.19. The molecule has 3 rings (SSSR count). The smallest absolute Gasteiger partial charge is 0.256 e. The van der Waals surface area contributed by atoms with Crippen LogP contribution in [0.2, 0.25) is 5.02 Å². The van der Waals surface area contributed by atoms with E-state index in [0.29, 0.717) is 29.4 Å². The fourth-order valence-corrected chi connectivity index (χ4v) is 4.72. The highest BCUT2D eigenvalue weighted by Crippen LogP contribution is 2.31. The van der Waals surface area contributed by atoms with E-state index < -0.39 is 0 Å². The van der Waals surface area contributed by atoms with Crippen LogP contribution in [0.4, 0.5) is 5.69 Å². The van der Waals surface area contributed by atoms with Gasteiger partial charge < -0.3 is 10.2 Å². The normalized spacial score (nSPS) is 13.2. The van der Waals surface area contributed by atoms with Gasteiger partial charge in [0.1, 0.15) is 0 Å². The lowest BCUT2D eigenvalue weighted by Crippen LogP contribution is -2.30. The minimum atomic E-state index is -0.108. The number of carbonyl (C=O) groups is 2. The molecule has 1 aromatic carbocycles. The van der Waals surface area contributed by atoms with Gasteiger partial charge in [0.15, 0.2) is 0 Å². The van der Waals surface area contributed by atoms with E-state index in [4.69, 9.17) is 11.6 Å². The van der Waals surface area contributed by atoms with E-state index in [2.05, 4.69) is 5.32 Å². The molecule has 4 nitrogen and oxygen atoms in total. The molecule has 0 fully saturated rings. The molecule has 2 aromatic rings. The topological polar surface area (TPSA) is 49.4 Å². The number of hydrogen-bond acceptors (Lipinski definition) is 3. The maximum Gasteiger partial charge on any atom is 0.256 e. The molecule has 6 heteroatoms. The van der Waals surface area contributed by atoms with Gasteiger partial charge in [-0.25, -0.2) is 0 Å². The zero-order valence-corrected chi connectivity index (χ0v) is 16.7. The third-order valence-electron chi connectivity index (χ3n) is 4.81. The zero-order valence-electron chi connectivity index (χ0n) is 15.1. The molecule has 0 atom stereocenters. The molecular formula is C20H23ClN2O2S. The monoisotopic (exact) mass is 390 g/mol. The summed E-state index contributed by atoms with van der Waals surface area (Å²) in [4.78, 5) is 28.2. The summed E-state index contributed by atoms with van der Waals surface area (Å²) < 4.78 is 0. The first kappa shape index (κ1) is 18.9. The van der Waals surface area contributed by atoms with Gasteiger partial charge >= 0.3 is 0 Å². The zero-order chi connectivity index (χ0) is 18.7. The van der Waals surface area contributed by atoms with Crippen LogP contribution in [-0.4, -0.2) is 29.8 Å². The van der Waals surface area contributed by atoms with Crippen LogP contribution in [0.15, 0.2) is 23.6 Å². The highest BCUT2D eigenvalue weighted by molar-refractivity contribution is 7.10. The Hall–Kier alpha value is -1.85. The molecule has 1 aliphatic carbocycles. The highest BCUT2D eigenvalue weighted by Gasteiger charge is 2.21. The number of nitrogens with one attached hydrogen (secondary N) is 1. The fraction of sp³-hybridized carbons (Fsp3) is 0.400.